The number of benzene rings is 2. The molecule has 1 aliphatic carbocycles. The van der Waals surface area contributed by atoms with Crippen LogP contribution in [0.5, 0.6) is 17.4 Å². The van der Waals surface area contributed by atoms with Crippen LogP contribution in [0.25, 0.3) is 28.0 Å². The summed E-state index contributed by atoms with van der Waals surface area (Å²) in [6.07, 6.45) is 3.13. The van der Waals surface area contributed by atoms with Crippen molar-refractivity contribution in [2.75, 3.05) is 0 Å². The second-order valence-corrected chi connectivity index (χ2v) is 7.93. The fourth-order valence-electron chi connectivity index (χ4n) is 4.01. The quantitative estimate of drug-likeness (QED) is 0.379. The number of H-pyrrole nitrogens is 1. The Morgan fingerprint density at radius 2 is 1.77 bits per heavy atom. The van der Waals surface area contributed by atoms with E-state index in [4.69, 9.17) is 0 Å². The summed E-state index contributed by atoms with van der Waals surface area (Å²) in [5.41, 5.74) is 4.55. The van der Waals surface area contributed by atoms with Crippen LogP contribution in [0.15, 0.2) is 36.7 Å². The van der Waals surface area contributed by atoms with Crippen LogP contribution in [0.2, 0.25) is 0 Å². The summed E-state index contributed by atoms with van der Waals surface area (Å²) in [5, 5.41) is 31.9. The van der Waals surface area contributed by atoms with Gasteiger partial charge < -0.3 is 20.3 Å². The van der Waals surface area contributed by atoms with Crippen molar-refractivity contribution in [2.24, 2.45) is 5.92 Å². The number of nitrogens with one attached hydrogen (secondary N) is 1. The SMILES string of the molecule is Cc1cc(-c2c(C(=O)C3CC3)c(O)c(O)n2-c2ccc3nc[nH]c3c2)cc(C)c1O. The zero-order valence-electron chi connectivity index (χ0n) is 16.6. The van der Waals surface area contributed by atoms with Crippen molar-refractivity contribution in [3.63, 3.8) is 0 Å². The van der Waals surface area contributed by atoms with Gasteiger partial charge in [0.25, 0.3) is 0 Å². The lowest BCUT2D eigenvalue weighted by molar-refractivity contribution is 0.0965. The van der Waals surface area contributed by atoms with Crippen molar-refractivity contribution in [2.45, 2.75) is 26.7 Å². The number of ketones is 1. The molecular formula is C23H21N3O4. The van der Waals surface area contributed by atoms with Crippen molar-refractivity contribution >= 4 is 16.8 Å². The maximum Gasteiger partial charge on any atom is 0.240 e. The Labute approximate surface area is 172 Å². The third-order valence-corrected chi connectivity index (χ3v) is 5.74. The summed E-state index contributed by atoms with van der Waals surface area (Å²) in [7, 11) is 0. The summed E-state index contributed by atoms with van der Waals surface area (Å²) in [5.74, 6) is -0.952. The Kier molecular flexibility index (Phi) is 3.89. The van der Waals surface area contributed by atoms with E-state index in [2.05, 4.69) is 9.97 Å². The first kappa shape index (κ1) is 18.3. The lowest BCUT2D eigenvalue weighted by Crippen LogP contribution is -2.05. The fraction of sp³-hybridized carbons (Fsp3) is 0.217. The molecule has 30 heavy (non-hydrogen) atoms. The maximum absolute atomic E-state index is 13.1. The second kappa shape index (κ2) is 6.38. The first-order chi connectivity index (χ1) is 14.4. The molecular weight excluding hydrogens is 382 g/mol. The smallest absolute Gasteiger partial charge is 0.240 e. The minimum absolute atomic E-state index is 0.115. The molecule has 2 aromatic heterocycles. The van der Waals surface area contributed by atoms with Crippen LogP contribution in [0.3, 0.4) is 0 Å². The molecule has 0 radical (unpaired) electrons. The van der Waals surface area contributed by atoms with Gasteiger partial charge in [-0.05, 0) is 68.1 Å². The second-order valence-electron chi connectivity index (χ2n) is 7.93. The molecule has 152 valence electrons. The van der Waals surface area contributed by atoms with Crippen molar-refractivity contribution < 1.29 is 20.1 Å². The predicted molar refractivity (Wildman–Crippen MR) is 112 cm³/mol. The molecule has 2 heterocycles. The Hall–Kier alpha value is -3.74. The first-order valence-corrected chi connectivity index (χ1v) is 9.81. The number of aromatic amines is 1. The molecule has 0 amide bonds. The topological polar surface area (TPSA) is 111 Å². The Bertz CT molecular complexity index is 1300. The Morgan fingerprint density at radius 3 is 2.43 bits per heavy atom. The third kappa shape index (κ3) is 2.66. The number of carbonyl (C=O) groups is 1. The normalized spacial score (nSPS) is 13.8. The van der Waals surface area contributed by atoms with E-state index in [1.165, 1.54) is 4.57 Å². The van der Waals surface area contributed by atoms with E-state index in [1.807, 2.05) is 0 Å². The predicted octanol–water partition coefficient (Wildman–Crippen LogP) is 4.35. The first-order valence-electron chi connectivity index (χ1n) is 9.81. The molecule has 0 spiro atoms. The number of Topliss-reactive ketones (excluding diaryl/α,β-unsaturated/α-hetero) is 1. The van der Waals surface area contributed by atoms with Gasteiger partial charge in [-0.25, -0.2) is 4.98 Å². The van der Waals surface area contributed by atoms with Crippen LogP contribution in [0.4, 0.5) is 0 Å². The van der Waals surface area contributed by atoms with Crippen LogP contribution in [-0.4, -0.2) is 35.6 Å². The van der Waals surface area contributed by atoms with Gasteiger partial charge in [-0.3, -0.25) is 9.36 Å². The highest BCUT2D eigenvalue weighted by Crippen LogP contribution is 2.47. The zero-order valence-corrected chi connectivity index (χ0v) is 16.6. The highest BCUT2D eigenvalue weighted by molar-refractivity contribution is 6.08. The molecule has 0 saturated heterocycles. The van der Waals surface area contributed by atoms with Crippen LogP contribution >= 0.6 is 0 Å². The van der Waals surface area contributed by atoms with E-state index in [9.17, 15) is 20.1 Å². The number of hydrogen-bond donors (Lipinski definition) is 4. The molecule has 7 heteroatoms. The minimum Gasteiger partial charge on any atom is -0.507 e. The lowest BCUT2D eigenvalue weighted by Gasteiger charge is -2.14. The largest absolute Gasteiger partial charge is 0.507 e. The van der Waals surface area contributed by atoms with Crippen molar-refractivity contribution in [1.29, 1.82) is 0 Å². The van der Waals surface area contributed by atoms with Gasteiger partial charge in [0.05, 0.1) is 34.3 Å². The minimum atomic E-state index is -0.421. The molecule has 4 N–H and O–H groups in total. The van der Waals surface area contributed by atoms with Crippen LogP contribution in [-0.2, 0) is 0 Å². The lowest BCUT2D eigenvalue weighted by atomic mass is 9.98. The summed E-state index contributed by atoms with van der Waals surface area (Å²) in [6.45, 7) is 3.55. The number of phenolic OH excluding ortho intramolecular Hbond substituents is 1. The summed E-state index contributed by atoms with van der Waals surface area (Å²) >= 11 is 0. The number of rotatable bonds is 4. The van der Waals surface area contributed by atoms with E-state index in [-0.39, 0.29) is 23.0 Å². The Balaban J connectivity index is 1.84. The molecule has 0 atom stereocenters. The molecule has 2 aromatic carbocycles. The number of aromatic hydroxyl groups is 3. The van der Waals surface area contributed by atoms with Gasteiger partial charge in [-0.1, -0.05) is 0 Å². The molecule has 7 nitrogen and oxygen atoms in total. The van der Waals surface area contributed by atoms with E-state index < -0.39 is 11.6 Å². The fourth-order valence-corrected chi connectivity index (χ4v) is 4.01. The van der Waals surface area contributed by atoms with Crippen molar-refractivity contribution in [3.8, 4) is 34.3 Å². The summed E-state index contributed by atoms with van der Waals surface area (Å²) < 4.78 is 1.48. The van der Waals surface area contributed by atoms with E-state index in [1.54, 1.807) is 50.5 Å². The number of phenols is 1. The molecule has 1 fully saturated rings. The van der Waals surface area contributed by atoms with Crippen molar-refractivity contribution in [3.05, 3.63) is 53.3 Å². The number of carbonyl (C=O) groups excluding carboxylic acids is 1. The number of aromatic nitrogens is 3. The summed E-state index contributed by atoms with van der Waals surface area (Å²) in [6, 6.07) is 8.89. The third-order valence-electron chi connectivity index (χ3n) is 5.74. The molecule has 0 unspecified atom stereocenters. The van der Waals surface area contributed by atoms with E-state index in [0.29, 0.717) is 28.1 Å². The highest BCUT2D eigenvalue weighted by Gasteiger charge is 2.37. The number of fused-ring (bicyclic) bond motifs is 1. The maximum atomic E-state index is 13.1. The molecule has 1 aliphatic rings. The number of aryl methyl sites for hydroxylation is 2. The number of hydrogen-bond acceptors (Lipinski definition) is 5. The van der Waals surface area contributed by atoms with Gasteiger partial charge in [0.1, 0.15) is 5.75 Å². The Morgan fingerprint density at radius 1 is 1.07 bits per heavy atom. The molecule has 0 bridgehead atoms. The number of nitrogens with zero attached hydrogens (tertiary/aromatic N) is 2. The van der Waals surface area contributed by atoms with E-state index >= 15 is 0 Å². The highest BCUT2D eigenvalue weighted by atomic mass is 16.3. The van der Waals surface area contributed by atoms with Gasteiger partial charge in [-0.15, -0.1) is 0 Å². The molecule has 1 saturated carbocycles. The van der Waals surface area contributed by atoms with Crippen molar-refractivity contribution in [1.82, 2.24) is 14.5 Å². The average Bonchev–Trinajstić information content (AvgIpc) is 3.41. The van der Waals surface area contributed by atoms with Gasteiger partial charge in [0, 0.05) is 11.5 Å². The van der Waals surface area contributed by atoms with Crippen LogP contribution < -0.4 is 0 Å². The standard InChI is InChI=1S/C23H21N3O4/c1-11-7-14(8-12(2)20(11)27)19-18(21(28)13-3-4-13)22(29)23(30)26(19)15-5-6-16-17(9-15)25-10-24-16/h5-10,13,27,29-30H,3-4H2,1-2H3,(H,24,25). The van der Waals surface area contributed by atoms with Gasteiger partial charge in [0.15, 0.2) is 11.5 Å². The summed E-state index contributed by atoms with van der Waals surface area (Å²) in [4.78, 5) is 20.3. The monoisotopic (exact) mass is 403 g/mol. The number of imidazole rings is 1. The average molecular weight is 403 g/mol. The molecule has 5 rings (SSSR count). The van der Waals surface area contributed by atoms with Gasteiger partial charge in [-0.2, -0.15) is 0 Å². The van der Waals surface area contributed by atoms with Crippen LogP contribution in [0, 0.1) is 19.8 Å². The molecule has 0 aliphatic heterocycles. The van der Waals surface area contributed by atoms with Gasteiger partial charge in [0.2, 0.25) is 5.88 Å². The molecule has 4 aromatic rings. The van der Waals surface area contributed by atoms with Crippen LogP contribution in [0.1, 0.15) is 34.3 Å². The van der Waals surface area contributed by atoms with Gasteiger partial charge >= 0.3 is 0 Å². The zero-order chi connectivity index (χ0) is 21.2. The van der Waals surface area contributed by atoms with E-state index in [0.717, 1.165) is 23.9 Å².